The maximum Gasteiger partial charge on any atom is 0.407 e. The number of nitrogens with zero attached hydrogens (tertiary/aromatic N) is 3. The number of hydrogen-bond donors (Lipinski definition) is 3. The number of aromatic nitrogens is 2. The second kappa shape index (κ2) is 15.7. The number of aryl methyl sites for hydroxylation is 1. The van der Waals surface area contributed by atoms with Gasteiger partial charge in [-0.3, -0.25) is 14.4 Å². The Morgan fingerprint density at radius 1 is 1.07 bits per heavy atom. The Kier molecular flexibility index (Phi) is 10.2. The minimum Gasteiger partial charge on any atom is -0.458 e. The summed E-state index contributed by atoms with van der Waals surface area (Å²) in [5, 5.41) is 17.0. The van der Waals surface area contributed by atoms with Crippen LogP contribution < -0.4 is 16.2 Å². The van der Waals surface area contributed by atoms with Crippen molar-refractivity contribution in [1.82, 2.24) is 25.1 Å². The lowest BCUT2D eigenvalue weighted by Gasteiger charge is -2.36. The van der Waals surface area contributed by atoms with Gasteiger partial charge in [-0.05, 0) is 64.8 Å². The van der Waals surface area contributed by atoms with E-state index in [4.69, 9.17) is 19.2 Å². The van der Waals surface area contributed by atoms with Crippen LogP contribution in [-0.2, 0) is 53.8 Å². The number of benzene rings is 3. The maximum atomic E-state index is 15.0. The summed E-state index contributed by atoms with van der Waals surface area (Å²) in [5.41, 5.74) is 5.38. The Labute approximate surface area is 348 Å². The highest BCUT2D eigenvalue weighted by Gasteiger charge is 2.46. The molecule has 5 aromatic rings. The lowest BCUT2D eigenvalue weighted by atomic mass is 9.82. The summed E-state index contributed by atoms with van der Waals surface area (Å²) < 4.78 is 32.9. The van der Waals surface area contributed by atoms with Crippen molar-refractivity contribution in [3.05, 3.63) is 135 Å². The topological polar surface area (TPSA) is 178 Å². The van der Waals surface area contributed by atoms with Gasteiger partial charge in [-0.25, -0.2) is 19.0 Å². The molecule has 312 valence electrons. The van der Waals surface area contributed by atoms with Gasteiger partial charge < -0.3 is 39.4 Å². The van der Waals surface area contributed by atoms with Gasteiger partial charge in [-0.1, -0.05) is 61.5 Å². The second-order valence-corrected chi connectivity index (χ2v) is 15.6. The summed E-state index contributed by atoms with van der Waals surface area (Å²) in [7, 11) is 0. The van der Waals surface area contributed by atoms with Crippen LogP contribution >= 0.6 is 0 Å². The molecule has 3 N–H and O–H groups in total. The lowest BCUT2D eigenvalue weighted by Crippen LogP contribution is -2.44. The quantitative estimate of drug-likeness (QED) is 0.0669. The molecule has 0 spiro atoms. The van der Waals surface area contributed by atoms with Crippen LogP contribution in [-0.4, -0.2) is 76.5 Å². The van der Waals surface area contributed by atoms with Crippen LogP contribution in [0.4, 0.5) is 9.18 Å². The van der Waals surface area contributed by atoms with E-state index < -0.39 is 53.5 Å². The summed E-state index contributed by atoms with van der Waals surface area (Å²) >= 11 is 0. The predicted molar refractivity (Wildman–Crippen MR) is 219 cm³/mol. The molecule has 2 atom stereocenters. The monoisotopic (exact) mass is 827 g/mol. The van der Waals surface area contributed by atoms with Crippen molar-refractivity contribution in [3.8, 4) is 22.5 Å². The average molecular weight is 828 g/mol. The van der Waals surface area contributed by atoms with Gasteiger partial charge in [0, 0.05) is 35.0 Å². The van der Waals surface area contributed by atoms with E-state index in [1.54, 1.807) is 24.0 Å². The third-order valence-corrected chi connectivity index (χ3v) is 12.3. The van der Waals surface area contributed by atoms with Gasteiger partial charge in [0.2, 0.25) is 11.8 Å². The molecule has 0 fully saturated rings. The number of amides is 3. The van der Waals surface area contributed by atoms with Gasteiger partial charge in [0.15, 0.2) is 5.60 Å². The molecule has 3 aromatic carbocycles. The van der Waals surface area contributed by atoms with E-state index in [9.17, 15) is 29.1 Å². The van der Waals surface area contributed by atoms with Crippen LogP contribution in [0.3, 0.4) is 0 Å². The van der Waals surface area contributed by atoms with E-state index in [-0.39, 0.29) is 63.0 Å². The molecule has 15 heteroatoms. The van der Waals surface area contributed by atoms with Gasteiger partial charge >= 0.3 is 12.1 Å². The zero-order valence-electron chi connectivity index (χ0n) is 33.3. The molecular weight excluding hydrogens is 786 g/mol. The summed E-state index contributed by atoms with van der Waals surface area (Å²) in [4.78, 5) is 72.3. The molecule has 3 amide bonds. The number of rotatable bonds is 12. The molecule has 2 aromatic heterocycles. The highest BCUT2D eigenvalue weighted by molar-refractivity contribution is 5.93. The Morgan fingerprint density at radius 2 is 1.80 bits per heavy atom. The predicted octanol–water partition coefficient (Wildman–Crippen LogP) is 4.85. The maximum absolute atomic E-state index is 15.0. The van der Waals surface area contributed by atoms with Crippen molar-refractivity contribution < 1.29 is 42.9 Å². The summed E-state index contributed by atoms with van der Waals surface area (Å²) in [6.45, 7) is 4.41. The Balaban J connectivity index is 0.871. The molecule has 0 radical (unpaired) electrons. The minimum absolute atomic E-state index is 0.0236. The third kappa shape index (κ3) is 6.73. The molecule has 0 saturated carbocycles. The van der Waals surface area contributed by atoms with Crippen LogP contribution in [0.2, 0.25) is 0 Å². The van der Waals surface area contributed by atoms with Gasteiger partial charge in [-0.2, -0.15) is 0 Å². The SMILES string of the molecule is C=CCN(C(=O)COCNC(=O)CNC(=O)OCC1c2ccccc2-c2ccccc21)[C@H]1CCc2cc(F)cc3nc4c(c1c23)Cn1c-4cc2c(c1=O)COC(=O)[C@]2(O)CC. The summed E-state index contributed by atoms with van der Waals surface area (Å²) in [5.74, 6) is -2.42. The first kappa shape index (κ1) is 39.7. The van der Waals surface area contributed by atoms with E-state index in [0.717, 1.165) is 27.8 Å². The molecule has 4 aliphatic rings. The Morgan fingerprint density at radius 3 is 2.52 bits per heavy atom. The fourth-order valence-electron chi connectivity index (χ4n) is 9.37. The van der Waals surface area contributed by atoms with E-state index in [1.807, 2.05) is 48.5 Å². The number of carbonyl (C=O) groups is 4. The molecule has 4 heterocycles. The van der Waals surface area contributed by atoms with Crippen molar-refractivity contribution in [2.45, 2.75) is 56.9 Å². The fraction of sp³-hybridized carbons (Fsp3) is 0.304. The number of fused-ring (bicyclic) bond motifs is 8. The van der Waals surface area contributed by atoms with E-state index in [2.05, 4.69) is 17.2 Å². The first-order chi connectivity index (χ1) is 29.5. The first-order valence-electron chi connectivity index (χ1n) is 20.2. The number of ether oxygens (including phenoxy) is 3. The number of cyclic esters (lactones) is 1. The van der Waals surface area contributed by atoms with Crippen LogP contribution in [0.5, 0.6) is 0 Å². The van der Waals surface area contributed by atoms with Crippen LogP contribution in [0.15, 0.2) is 84.2 Å². The second-order valence-electron chi connectivity index (χ2n) is 15.6. The van der Waals surface area contributed by atoms with E-state index >= 15 is 4.39 Å². The molecule has 14 nitrogen and oxygen atoms in total. The van der Waals surface area contributed by atoms with Crippen LogP contribution in [0.1, 0.15) is 70.7 Å². The largest absolute Gasteiger partial charge is 0.458 e. The van der Waals surface area contributed by atoms with Crippen molar-refractivity contribution >= 4 is 34.8 Å². The molecule has 0 unspecified atom stereocenters. The van der Waals surface area contributed by atoms with Gasteiger partial charge in [0.1, 0.15) is 38.9 Å². The zero-order valence-corrected chi connectivity index (χ0v) is 33.3. The summed E-state index contributed by atoms with van der Waals surface area (Å²) in [6, 6.07) is 19.8. The standard InChI is InChI=1S/C46H42FN5O9/c1-3-15-51(39(54)23-59-24-49-38(53)19-48-45(57)61-21-32-29-11-7-5-9-27(29)28-10-6-8-12-30(28)32)36-14-13-25-16-26(47)17-35-40(25)41(36)31-20-52-37(42(31)50-35)18-34-33(43(52)55)22-60-44(56)46(34,58)4-2/h3,5-12,16-18,32,36,58H,1,4,13-15,19-24H2,2H3,(H,48,57)(H,49,53)/t36-,46-/m0/s1. The number of carbonyl (C=O) groups excluding carboxylic acids is 4. The minimum atomic E-state index is -2.02. The van der Waals surface area contributed by atoms with Gasteiger partial charge in [0.25, 0.3) is 5.56 Å². The molecule has 0 saturated heterocycles. The van der Waals surface area contributed by atoms with Gasteiger partial charge in [-0.15, -0.1) is 6.58 Å². The molecule has 2 aliphatic carbocycles. The number of hydrogen-bond acceptors (Lipinski definition) is 10. The smallest absolute Gasteiger partial charge is 0.407 e. The van der Waals surface area contributed by atoms with Gasteiger partial charge in [0.05, 0.1) is 35.1 Å². The van der Waals surface area contributed by atoms with E-state index in [0.29, 0.717) is 46.3 Å². The number of aliphatic hydroxyl groups is 1. The lowest BCUT2D eigenvalue weighted by molar-refractivity contribution is -0.172. The molecule has 2 aliphatic heterocycles. The third-order valence-electron chi connectivity index (χ3n) is 12.3. The molecular formula is C46H42FN5O9. The normalized spacial score (nSPS) is 18.0. The molecule has 61 heavy (non-hydrogen) atoms. The van der Waals surface area contributed by atoms with E-state index in [1.165, 1.54) is 16.7 Å². The van der Waals surface area contributed by atoms with Crippen molar-refractivity contribution in [3.63, 3.8) is 0 Å². The Hall–Kier alpha value is -6.71. The average Bonchev–Trinajstić information content (AvgIpc) is 3.80. The van der Waals surface area contributed by atoms with Crippen LogP contribution in [0.25, 0.3) is 33.4 Å². The first-order valence-corrected chi connectivity index (χ1v) is 20.2. The fourth-order valence-corrected chi connectivity index (χ4v) is 9.37. The van der Waals surface area contributed by atoms with Crippen molar-refractivity contribution in [2.24, 2.45) is 0 Å². The number of nitrogens with one attached hydrogen (secondary N) is 2. The van der Waals surface area contributed by atoms with Crippen molar-refractivity contribution in [2.75, 3.05) is 33.0 Å². The number of pyridine rings is 2. The molecule has 0 bridgehead atoms. The number of halogens is 1. The Bertz CT molecular complexity index is 2710. The highest BCUT2D eigenvalue weighted by atomic mass is 19.1. The number of alkyl carbamates (subject to hydrolysis) is 1. The van der Waals surface area contributed by atoms with Crippen molar-refractivity contribution in [1.29, 1.82) is 0 Å². The highest BCUT2D eigenvalue weighted by Crippen LogP contribution is 2.47. The number of esters is 1. The van der Waals surface area contributed by atoms with Crippen LogP contribution in [0, 0.1) is 5.82 Å². The molecule has 9 rings (SSSR count). The summed E-state index contributed by atoms with van der Waals surface area (Å²) in [6.07, 6.45) is 1.67. The zero-order chi connectivity index (χ0) is 42.6.